The van der Waals surface area contributed by atoms with Crippen LogP contribution in [-0.4, -0.2) is 47.7 Å². The van der Waals surface area contributed by atoms with E-state index in [-0.39, 0.29) is 18.3 Å². The van der Waals surface area contributed by atoms with Crippen molar-refractivity contribution in [2.75, 3.05) is 26.7 Å². The van der Waals surface area contributed by atoms with Crippen molar-refractivity contribution in [3.8, 4) is 5.75 Å². The quantitative estimate of drug-likeness (QED) is 0.286. The maximum Gasteiger partial charge on any atom is 0.303 e. The van der Waals surface area contributed by atoms with E-state index >= 15 is 4.39 Å². The standard InChI is InChI=1S/C30H36F2N2O3/c1-37-24-10-12-29-26(19-24)25(13-15-33-29)28(32)11-9-21-14-17-34(20-23(21)18-30(35)36)16-5-8-27(31)22-6-3-2-4-7-22/h2-4,6-7,10,12-13,15,19,21,23,27-28H,5,8-9,11,14,16-18,20H2,1H3,(H,35,36)/t21-,23+,27+,28-/m1/s1. The fourth-order valence-corrected chi connectivity index (χ4v) is 5.58. The number of alkyl halides is 2. The monoisotopic (exact) mass is 510 g/mol. The molecule has 1 aromatic heterocycles. The molecule has 1 saturated heterocycles. The first-order valence-corrected chi connectivity index (χ1v) is 13.1. The molecule has 0 saturated carbocycles. The summed E-state index contributed by atoms with van der Waals surface area (Å²) in [5.41, 5.74) is 2.02. The van der Waals surface area contributed by atoms with E-state index < -0.39 is 18.3 Å². The molecule has 4 rings (SSSR count). The Bertz CT molecular complexity index is 1160. The van der Waals surface area contributed by atoms with Gasteiger partial charge in [0.05, 0.1) is 12.6 Å². The van der Waals surface area contributed by atoms with E-state index in [2.05, 4.69) is 9.88 Å². The fraction of sp³-hybridized carbons (Fsp3) is 0.467. The average molecular weight is 511 g/mol. The van der Waals surface area contributed by atoms with Gasteiger partial charge in [-0.2, -0.15) is 0 Å². The molecule has 0 amide bonds. The molecule has 198 valence electrons. The van der Waals surface area contributed by atoms with Gasteiger partial charge in [-0.15, -0.1) is 0 Å². The maximum absolute atomic E-state index is 15.5. The number of carboxylic acids is 1. The zero-order valence-electron chi connectivity index (χ0n) is 21.4. The lowest BCUT2D eigenvalue weighted by atomic mass is 9.79. The first-order valence-electron chi connectivity index (χ1n) is 13.1. The van der Waals surface area contributed by atoms with Crippen molar-refractivity contribution < 1.29 is 23.4 Å². The molecule has 0 radical (unpaired) electrons. The number of hydrogen-bond acceptors (Lipinski definition) is 4. The van der Waals surface area contributed by atoms with Gasteiger partial charge in [0.1, 0.15) is 18.1 Å². The van der Waals surface area contributed by atoms with E-state index in [0.29, 0.717) is 49.1 Å². The summed E-state index contributed by atoms with van der Waals surface area (Å²) in [6, 6.07) is 16.4. The third-order valence-corrected chi connectivity index (χ3v) is 7.62. The van der Waals surface area contributed by atoms with Crippen LogP contribution in [0.4, 0.5) is 8.78 Å². The average Bonchev–Trinajstić information content (AvgIpc) is 2.91. The van der Waals surface area contributed by atoms with Crippen LogP contribution in [0.1, 0.15) is 62.0 Å². The molecule has 1 aliphatic rings. The molecule has 2 heterocycles. The number of piperidine rings is 1. The zero-order chi connectivity index (χ0) is 26.2. The van der Waals surface area contributed by atoms with Gasteiger partial charge in [0.15, 0.2) is 0 Å². The van der Waals surface area contributed by atoms with Gasteiger partial charge in [-0.3, -0.25) is 9.78 Å². The number of carbonyl (C=O) groups is 1. The Hall–Kier alpha value is -3.06. The lowest BCUT2D eigenvalue weighted by molar-refractivity contribution is -0.139. The van der Waals surface area contributed by atoms with E-state index in [0.717, 1.165) is 30.4 Å². The van der Waals surface area contributed by atoms with Gasteiger partial charge in [-0.05, 0) is 92.4 Å². The number of carboxylic acid groups (broad SMARTS) is 1. The number of halogens is 2. The number of aromatic nitrogens is 1. The number of likely N-dealkylation sites (tertiary alicyclic amines) is 1. The molecule has 2 aromatic carbocycles. The van der Waals surface area contributed by atoms with Crippen LogP contribution in [0.25, 0.3) is 10.9 Å². The number of aliphatic carboxylic acids is 1. The van der Waals surface area contributed by atoms with Gasteiger partial charge in [0.25, 0.3) is 0 Å². The summed E-state index contributed by atoms with van der Waals surface area (Å²) in [4.78, 5) is 18.2. The molecule has 0 unspecified atom stereocenters. The molecular weight excluding hydrogens is 474 g/mol. The van der Waals surface area contributed by atoms with Gasteiger partial charge in [0, 0.05) is 24.5 Å². The Morgan fingerprint density at radius 1 is 1.11 bits per heavy atom. The van der Waals surface area contributed by atoms with Crippen LogP contribution in [0.5, 0.6) is 5.75 Å². The number of fused-ring (bicyclic) bond motifs is 1. The molecule has 1 fully saturated rings. The minimum Gasteiger partial charge on any atom is -0.497 e. The SMILES string of the molecule is COc1ccc2nccc([C@H](F)CC[C@@H]3CCN(CCC[C@H](F)c4ccccc4)C[C@@H]3CC(=O)O)c2c1. The van der Waals surface area contributed by atoms with Crippen LogP contribution in [0.15, 0.2) is 60.8 Å². The van der Waals surface area contributed by atoms with E-state index in [1.54, 1.807) is 19.4 Å². The Morgan fingerprint density at radius 3 is 2.68 bits per heavy atom. The van der Waals surface area contributed by atoms with E-state index in [1.165, 1.54) is 0 Å². The second-order valence-electron chi connectivity index (χ2n) is 10.1. The zero-order valence-corrected chi connectivity index (χ0v) is 21.4. The maximum atomic E-state index is 15.5. The minimum absolute atomic E-state index is 0.0389. The highest BCUT2D eigenvalue weighted by molar-refractivity contribution is 5.83. The molecule has 37 heavy (non-hydrogen) atoms. The Kier molecular flexibility index (Phi) is 9.45. The van der Waals surface area contributed by atoms with Gasteiger partial charge in [-0.1, -0.05) is 30.3 Å². The van der Waals surface area contributed by atoms with Gasteiger partial charge in [-0.25, -0.2) is 8.78 Å². The topological polar surface area (TPSA) is 62.7 Å². The fourth-order valence-electron chi connectivity index (χ4n) is 5.58. The second kappa shape index (κ2) is 13.0. The van der Waals surface area contributed by atoms with Crippen LogP contribution >= 0.6 is 0 Å². The number of pyridine rings is 1. The molecule has 0 aliphatic carbocycles. The number of rotatable bonds is 12. The van der Waals surface area contributed by atoms with E-state index in [9.17, 15) is 14.3 Å². The molecule has 1 aliphatic heterocycles. The van der Waals surface area contributed by atoms with E-state index in [1.807, 2.05) is 48.5 Å². The van der Waals surface area contributed by atoms with Crippen molar-refractivity contribution in [2.45, 2.75) is 50.9 Å². The highest BCUT2D eigenvalue weighted by Crippen LogP contribution is 2.36. The highest BCUT2D eigenvalue weighted by Gasteiger charge is 2.31. The van der Waals surface area contributed by atoms with Gasteiger partial charge in [0.2, 0.25) is 0 Å². The highest BCUT2D eigenvalue weighted by atomic mass is 19.1. The van der Waals surface area contributed by atoms with Crippen LogP contribution in [0.2, 0.25) is 0 Å². The summed E-state index contributed by atoms with van der Waals surface area (Å²) < 4.78 is 35.3. The lowest BCUT2D eigenvalue weighted by Crippen LogP contribution is -2.41. The Labute approximate surface area is 217 Å². The third-order valence-electron chi connectivity index (χ3n) is 7.62. The summed E-state index contributed by atoms with van der Waals surface area (Å²) in [6.45, 7) is 2.23. The summed E-state index contributed by atoms with van der Waals surface area (Å²) in [5.74, 6) is -0.0611. The van der Waals surface area contributed by atoms with Crippen LogP contribution in [0.3, 0.4) is 0 Å². The molecule has 7 heteroatoms. The summed E-state index contributed by atoms with van der Waals surface area (Å²) in [5, 5.41) is 10.3. The van der Waals surface area contributed by atoms with Gasteiger partial charge >= 0.3 is 5.97 Å². The lowest BCUT2D eigenvalue weighted by Gasteiger charge is -2.38. The van der Waals surface area contributed by atoms with Crippen molar-refractivity contribution in [1.29, 1.82) is 0 Å². The predicted octanol–water partition coefficient (Wildman–Crippen LogP) is 6.94. The number of nitrogens with zero attached hydrogens (tertiary/aromatic N) is 2. The molecule has 1 N–H and O–H groups in total. The Morgan fingerprint density at radius 2 is 1.92 bits per heavy atom. The summed E-state index contributed by atoms with van der Waals surface area (Å²) in [7, 11) is 1.58. The van der Waals surface area contributed by atoms with Crippen molar-refractivity contribution in [3.63, 3.8) is 0 Å². The largest absolute Gasteiger partial charge is 0.497 e. The normalized spacial score (nSPS) is 20.0. The predicted molar refractivity (Wildman–Crippen MR) is 141 cm³/mol. The van der Waals surface area contributed by atoms with Crippen molar-refractivity contribution >= 4 is 16.9 Å². The van der Waals surface area contributed by atoms with Gasteiger partial charge < -0.3 is 14.7 Å². The summed E-state index contributed by atoms with van der Waals surface area (Å²) >= 11 is 0. The molecule has 0 bridgehead atoms. The number of methoxy groups -OCH3 is 1. The number of benzene rings is 2. The Balaban J connectivity index is 1.32. The van der Waals surface area contributed by atoms with Crippen LogP contribution < -0.4 is 4.74 Å². The molecule has 0 spiro atoms. The molecule has 3 aromatic rings. The minimum atomic E-state index is -1.17. The molecular formula is C30H36F2N2O3. The smallest absolute Gasteiger partial charge is 0.303 e. The number of hydrogen-bond donors (Lipinski definition) is 1. The number of ether oxygens (including phenoxy) is 1. The first kappa shape index (κ1) is 27.0. The van der Waals surface area contributed by atoms with Crippen molar-refractivity contribution in [3.05, 3.63) is 71.9 Å². The summed E-state index contributed by atoms with van der Waals surface area (Å²) in [6.07, 6.45) is 2.49. The molecule has 4 atom stereocenters. The van der Waals surface area contributed by atoms with Crippen LogP contribution in [0, 0.1) is 11.8 Å². The van der Waals surface area contributed by atoms with Crippen molar-refractivity contribution in [1.82, 2.24) is 9.88 Å². The molecule has 5 nitrogen and oxygen atoms in total. The first-order chi connectivity index (χ1) is 17.9. The van der Waals surface area contributed by atoms with Crippen molar-refractivity contribution in [2.24, 2.45) is 11.8 Å². The third kappa shape index (κ3) is 7.25. The van der Waals surface area contributed by atoms with E-state index in [4.69, 9.17) is 4.74 Å². The second-order valence-corrected chi connectivity index (χ2v) is 10.1. The van der Waals surface area contributed by atoms with Crippen LogP contribution in [-0.2, 0) is 4.79 Å².